The highest BCUT2D eigenvalue weighted by molar-refractivity contribution is 6.32. The summed E-state index contributed by atoms with van der Waals surface area (Å²) in [4.78, 5) is 0. The summed E-state index contributed by atoms with van der Waals surface area (Å²) in [5, 5.41) is 3.63. The predicted molar refractivity (Wildman–Crippen MR) is 83.0 cm³/mol. The van der Waals surface area contributed by atoms with Crippen molar-refractivity contribution in [1.82, 2.24) is 0 Å². The largest absolute Gasteiger partial charge is 0.493 e. The molecular formula is C16H17ClFNO2. The van der Waals surface area contributed by atoms with Crippen LogP contribution in [-0.4, -0.2) is 14.2 Å². The van der Waals surface area contributed by atoms with Gasteiger partial charge in [-0.25, -0.2) is 4.39 Å². The number of methoxy groups -OCH3 is 2. The Kier molecular flexibility index (Phi) is 4.91. The highest BCUT2D eigenvalue weighted by Crippen LogP contribution is 2.36. The van der Waals surface area contributed by atoms with Gasteiger partial charge in [-0.1, -0.05) is 17.7 Å². The molecule has 3 nitrogen and oxygen atoms in total. The van der Waals surface area contributed by atoms with E-state index in [4.69, 9.17) is 21.1 Å². The molecule has 0 aliphatic rings. The van der Waals surface area contributed by atoms with Crippen LogP contribution in [-0.2, 0) is 6.54 Å². The number of hydrogen-bond donors (Lipinski definition) is 1. The Balaban J connectivity index is 2.16. The minimum Gasteiger partial charge on any atom is -0.493 e. The molecule has 0 radical (unpaired) electrons. The Morgan fingerprint density at radius 1 is 1.14 bits per heavy atom. The zero-order valence-corrected chi connectivity index (χ0v) is 12.9. The molecule has 0 bridgehead atoms. The Bertz CT molecular complexity index is 646. The van der Waals surface area contributed by atoms with Crippen LogP contribution in [0.3, 0.4) is 0 Å². The van der Waals surface area contributed by atoms with E-state index in [9.17, 15) is 4.39 Å². The van der Waals surface area contributed by atoms with Crippen LogP contribution in [0.1, 0.15) is 11.1 Å². The van der Waals surface area contributed by atoms with E-state index >= 15 is 0 Å². The molecule has 0 fully saturated rings. The van der Waals surface area contributed by atoms with Crippen LogP contribution in [0.25, 0.3) is 0 Å². The Hall–Kier alpha value is -1.94. The lowest BCUT2D eigenvalue weighted by Crippen LogP contribution is -2.01. The first-order valence-corrected chi connectivity index (χ1v) is 6.83. The molecule has 0 atom stereocenters. The molecule has 1 N–H and O–H groups in total. The maximum atomic E-state index is 13.5. The lowest BCUT2D eigenvalue weighted by atomic mass is 10.1. The van der Waals surface area contributed by atoms with Crippen LogP contribution in [0.15, 0.2) is 30.3 Å². The molecule has 2 aromatic carbocycles. The minimum absolute atomic E-state index is 0.231. The van der Waals surface area contributed by atoms with E-state index in [0.717, 1.165) is 5.56 Å². The van der Waals surface area contributed by atoms with Gasteiger partial charge in [0.15, 0.2) is 11.5 Å². The van der Waals surface area contributed by atoms with Crippen molar-refractivity contribution < 1.29 is 13.9 Å². The first-order chi connectivity index (χ1) is 10.0. The van der Waals surface area contributed by atoms with Crippen LogP contribution >= 0.6 is 11.6 Å². The van der Waals surface area contributed by atoms with E-state index in [0.29, 0.717) is 34.3 Å². The van der Waals surface area contributed by atoms with E-state index in [-0.39, 0.29) is 5.82 Å². The van der Waals surface area contributed by atoms with Crippen molar-refractivity contribution in [3.05, 3.63) is 52.3 Å². The molecule has 21 heavy (non-hydrogen) atoms. The molecule has 0 aliphatic carbocycles. The molecule has 0 aliphatic heterocycles. The molecule has 112 valence electrons. The van der Waals surface area contributed by atoms with E-state index < -0.39 is 0 Å². The quantitative estimate of drug-likeness (QED) is 0.887. The van der Waals surface area contributed by atoms with Gasteiger partial charge in [0.25, 0.3) is 0 Å². The average Bonchev–Trinajstić information content (AvgIpc) is 2.47. The van der Waals surface area contributed by atoms with Crippen molar-refractivity contribution >= 4 is 17.3 Å². The van der Waals surface area contributed by atoms with Crippen molar-refractivity contribution in [2.75, 3.05) is 19.5 Å². The molecule has 0 aromatic heterocycles. The van der Waals surface area contributed by atoms with Crippen LogP contribution < -0.4 is 14.8 Å². The number of rotatable bonds is 5. The first kappa shape index (κ1) is 15.4. The van der Waals surface area contributed by atoms with Crippen LogP contribution in [0.2, 0.25) is 5.02 Å². The zero-order valence-electron chi connectivity index (χ0n) is 12.2. The van der Waals surface area contributed by atoms with Gasteiger partial charge in [-0.05, 0) is 42.3 Å². The van der Waals surface area contributed by atoms with E-state index in [1.807, 2.05) is 12.1 Å². The molecule has 0 spiro atoms. The topological polar surface area (TPSA) is 30.5 Å². The van der Waals surface area contributed by atoms with Crippen molar-refractivity contribution in [3.8, 4) is 11.5 Å². The highest BCUT2D eigenvalue weighted by atomic mass is 35.5. The molecule has 2 rings (SSSR count). The molecule has 2 aromatic rings. The summed E-state index contributed by atoms with van der Waals surface area (Å²) in [6, 6.07) is 8.67. The van der Waals surface area contributed by atoms with Gasteiger partial charge >= 0.3 is 0 Å². The van der Waals surface area contributed by atoms with E-state index in [1.165, 1.54) is 13.2 Å². The second-order valence-corrected chi connectivity index (χ2v) is 5.04. The molecule has 0 amide bonds. The number of hydrogen-bond acceptors (Lipinski definition) is 3. The number of aryl methyl sites for hydroxylation is 1. The third-order valence-corrected chi connectivity index (χ3v) is 3.44. The van der Waals surface area contributed by atoms with Crippen LogP contribution in [0.4, 0.5) is 10.1 Å². The van der Waals surface area contributed by atoms with Crippen LogP contribution in [0.5, 0.6) is 11.5 Å². The summed E-state index contributed by atoms with van der Waals surface area (Å²) in [7, 11) is 3.09. The number of ether oxygens (including phenoxy) is 2. The second kappa shape index (κ2) is 6.68. The first-order valence-electron chi connectivity index (χ1n) is 6.45. The zero-order chi connectivity index (χ0) is 15.4. The van der Waals surface area contributed by atoms with Gasteiger partial charge in [0, 0.05) is 12.2 Å². The van der Waals surface area contributed by atoms with Crippen molar-refractivity contribution in [1.29, 1.82) is 0 Å². The van der Waals surface area contributed by atoms with Gasteiger partial charge in [-0.3, -0.25) is 0 Å². The summed E-state index contributed by atoms with van der Waals surface area (Å²) < 4.78 is 23.9. The molecule has 0 unspecified atom stereocenters. The van der Waals surface area contributed by atoms with Gasteiger partial charge in [0.2, 0.25) is 0 Å². The number of nitrogens with one attached hydrogen (secondary N) is 1. The highest BCUT2D eigenvalue weighted by Gasteiger charge is 2.10. The third kappa shape index (κ3) is 3.58. The average molecular weight is 310 g/mol. The summed E-state index contributed by atoms with van der Waals surface area (Å²) in [5.74, 6) is 0.839. The van der Waals surface area contributed by atoms with E-state index in [1.54, 1.807) is 26.2 Å². The third-order valence-electron chi connectivity index (χ3n) is 3.16. The lowest BCUT2D eigenvalue weighted by molar-refractivity contribution is 0.355. The molecule has 0 saturated heterocycles. The summed E-state index contributed by atoms with van der Waals surface area (Å²) in [6.45, 7) is 2.23. The fourth-order valence-corrected chi connectivity index (χ4v) is 2.29. The SMILES string of the molecule is COc1cc(CNc2ccc(C)c(F)c2)cc(Cl)c1OC. The molecule has 0 saturated carbocycles. The smallest absolute Gasteiger partial charge is 0.179 e. The molecule has 5 heteroatoms. The van der Waals surface area contributed by atoms with Crippen molar-refractivity contribution in [2.45, 2.75) is 13.5 Å². The fraction of sp³-hybridized carbons (Fsp3) is 0.250. The molecular weight excluding hydrogens is 293 g/mol. The monoisotopic (exact) mass is 309 g/mol. The van der Waals surface area contributed by atoms with E-state index in [2.05, 4.69) is 5.32 Å². The van der Waals surface area contributed by atoms with Gasteiger partial charge < -0.3 is 14.8 Å². The maximum absolute atomic E-state index is 13.5. The number of benzene rings is 2. The molecule has 0 heterocycles. The summed E-state index contributed by atoms with van der Waals surface area (Å²) >= 11 is 6.15. The standard InChI is InChI=1S/C16H17ClFNO2/c1-10-4-5-12(8-14(10)18)19-9-11-6-13(17)16(21-3)15(7-11)20-2/h4-8,19H,9H2,1-3H3. The fourth-order valence-electron chi connectivity index (χ4n) is 1.98. The second-order valence-electron chi connectivity index (χ2n) is 4.63. The minimum atomic E-state index is -0.231. The Labute approximate surface area is 128 Å². The maximum Gasteiger partial charge on any atom is 0.179 e. The predicted octanol–water partition coefficient (Wildman–Crippen LogP) is 4.42. The lowest BCUT2D eigenvalue weighted by Gasteiger charge is -2.13. The van der Waals surface area contributed by atoms with Gasteiger partial charge in [-0.15, -0.1) is 0 Å². The van der Waals surface area contributed by atoms with Gasteiger partial charge in [-0.2, -0.15) is 0 Å². The Morgan fingerprint density at radius 2 is 1.90 bits per heavy atom. The summed E-state index contributed by atoms with van der Waals surface area (Å²) in [5.41, 5.74) is 2.25. The Morgan fingerprint density at radius 3 is 2.52 bits per heavy atom. The van der Waals surface area contributed by atoms with Crippen molar-refractivity contribution in [2.24, 2.45) is 0 Å². The van der Waals surface area contributed by atoms with Gasteiger partial charge in [0.1, 0.15) is 5.82 Å². The summed E-state index contributed by atoms with van der Waals surface area (Å²) in [6.07, 6.45) is 0. The van der Waals surface area contributed by atoms with Crippen molar-refractivity contribution in [3.63, 3.8) is 0 Å². The number of halogens is 2. The van der Waals surface area contributed by atoms with Crippen LogP contribution in [0, 0.1) is 12.7 Å². The normalized spacial score (nSPS) is 10.3. The number of anilines is 1. The van der Waals surface area contributed by atoms with Gasteiger partial charge in [0.05, 0.1) is 19.2 Å².